The van der Waals surface area contributed by atoms with E-state index in [0.717, 1.165) is 31.2 Å². The molecule has 1 saturated carbocycles. The summed E-state index contributed by atoms with van der Waals surface area (Å²) in [7, 11) is 0. The summed E-state index contributed by atoms with van der Waals surface area (Å²) < 4.78 is 0. The molecule has 0 spiro atoms. The number of amides is 1. The molecular weight excluding hydrogens is 294 g/mol. The van der Waals surface area contributed by atoms with Gasteiger partial charge in [0, 0.05) is 13.1 Å². The highest BCUT2D eigenvalue weighted by Crippen LogP contribution is 2.29. The number of hydrogen-bond donors (Lipinski definition) is 2. The van der Waals surface area contributed by atoms with E-state index in [0.29, 0.717) is 18.5 Å². The molecular formula is C18H23NO4. The Balaban J connectivity index is 1.75. The second kappa shape index (κ2) is 6.71. The van der Waals surface area contributed by atoms with Crippen molar-refractivity contribution >= 4 is 11.9 Å². The highest BCUT2D eigenvalue weighted by molar-refractivity contribution is 5.90. The van der Waals surface area contributed by atoms with Gasteiger partial charge in [-0.15, -0.1) is 0 Å². The van der Waals surface area contributed by atoms with Crippen molar-refractivity contribution in [2.75, 3.05) is 6.54 Å². The number of aromatic carboxylic acids is 1. The van der Waals surface area contributed by atoms with Crippen LogP contribution in [-0.4, -0.2) is 39.6 Å². The Morgan fingerprint density at radius 2 is 1.91 bits per heavy atom. The first-order chi connectivity index (χ1) is 11.1. The van der Waals surface area contributed by atoms with Gasteiger partial charge in [0.05, 0.1) is 5.56 Å². The number of rotatable bonds is 3. The molecule has 23 heavy (non-hydrogen) atoms. The minimum Gasteiger partial charge on any atom is -0.478 e. The van der Waals surface area contributed by atoms with Gasteiger partial charge in [-0.3, -0.25) is 4.79 Å². The van der Waals surface area contributed by atoms with Crippen LogP contribution in [0.3, 0.4) is 0 Å². The molecule has 2 aliphatic rings. The number of hydrogen-bond acceptors (Lipinski definition) is 3. The van der Waals surface area contributed by atoms with E-state index in [1.54, 1.807) is 17.0 Å². The minimum atomic E-state index is -0.969. The number of fused-ring (bicyclic) bond motifs is 1. The lowest BCUT2D eigenvalue weighted by Gasteiger charge is -2.34. The lowest BCUT2D eigenvalue weighted by molar-refractivity contribution is -0.144. The van der Waals surface area contributed by atoms with Crippen LogP contribution in [-0.2, 0) is 17.8 Å². The van der Waals surface area contributed by atoms with Gasteiger partial charge in [-0.1, -0.05) is 31.4 Å². The molecule has 0 aromatic heterocycles. The van der Waals surface area contributed by atoms with Crippen molar-refractivity contribution in [1.29, 1.82) is 0 Å². The molecule has 124 valence electrons. The number of carboxylic acids is 1. The fourth-order valence-corrected chi connectivity index (χ4v) is 3.81. The maximum absolute atomic E-state index is 12.6. The summed E-state index contributed by atoms with van der Waals surface area (Å²) in [4.78, 5) is 25.6. The number of aliphatic hydroxyl groups excluding tert-OH is 1. The van der Waals surface area contributed by atoms with E-state index < -0.39 is 12.1 Å². The van der Waals surface area contributed by atoms with Crippen LogP contribution in [0.15, 0.2) is 18.2 Å². The normalized spacial score (nSPS) is 20.0. The van der Waals surface area contributed by atoms with Gasteiger partial charge in [-0.05, 0) is 42.4 Å². The Morgan fingerprint density at radius 3 is 2.61 bits per heavy atom. The van der Waals surface area contributed by atoms with E-state index in [-0.39, 0.29) is 23.9 Å². The number of aliphatic hydroxyl groups is 1. The second-order valence-electron chi connectivity index (χ2n) is 6.60. The van der Waals surface area contributed by atoms with E-state index >= 15 is 0 Å². The van der Waals surface area contributed by atoms with Crippen molar-refractivity contribution < 1.29 is 19.8 Å². The largest absolute Gasteiger partial charge is 0.478 e. The quantitative estimate of drug-likeness (QED) is 0.896. The van der Waals surface area contributed by atoms with Crippen LogP contribution >= 0.6 is 0 Å². The van der Waals surface area contributed by atoms with E-state index in [9.17, 15) is 19.8 Å². The molecule has 1 unspecified atom stereocenters. The van der Waals surface area contributed by atoms with E-state index in [1.165, 1.54) is 6.42 Å². The number of benzene rings is 1. The fourth-order valence-electron chi connectivity index (χ4n) is 3.81. The zero-order valence-corrected chi connectivity index (χ0v) is 13.2. The molecule has 0 bridgehead atoms. The highest BCUT2D eigenvalue weighted by atomic mass is 16.4. The third-order valence-corrected chi connectivity index (χ3v) is 5.16. The van der Waals surface area contributed by atoms with Crippen molar-refractivity contribution in [3.8, 4) is 0 Å². The Morgan fingerprint density at radius 1 is 1.17 bits per heavy atom. The zero-order chi connectivity index (χ0) is 16.4. The molecule has 0 saturated heterocycles. The molecule has 1 aromatic carbocycles. The van der Waals surface area contributed by atoms with Gasteiger partial charge in [-0.25, -0.2) is 4.79 Å². The van der Waals surface area contributed by atoms with E-state index in [2.05, 4.69) is 0 Å². The Hall–Kier alpha value is -1.88. The van der Waals surface area contributed by atoms with Gasteiger partial charge in [-0.2, -0.15) is 0 Å². The first-order valence-electron chi connectivity index (χ1n) is 8.39. The van der Waals surface area contributed by atoms with Crippen LogP contribution in [0.25, 0.3) is 0 Å². The number of carbonyl (C=O) groups excluding carboxylic acids is 1. The van der Waals surface area contributed by atoms with Gasteiger partial charge in [0.2, 0.25) is 0 Å². The summed E-state index contributed by atoms with van der Waals surface area (Å²) in [6.45, 7) is 0.819. The van der Waals surface area contributed by atoms with E-state index in [4.69, 9.17) is 0 Å². The monoisotopic (exact) mass is 317 g/mol. The summed E-state index contributed by atoms with van der Waals surface area (Å²) in [5, 5.41) is 19.7. The molecule has 1 aliphatic carbocycles. The third-order valence-electron chi connectivity index (χ3n) is 5.16. The molecule has 5 nitrogen and oxygen atoms in total. The second-order valence-corrected chi connectivity index (χ2v) is 6.60. The average Bonchev–Trinajstić information content (AvgIpc) is 2.60. The van der Waals surface area contributed by atoms with Gasteiger partial charge in [0.1, 0.15) is 6.10 Å². The van der Waals surface area contributed by atoms with Gasteiger partial charge in [0.25, 0.3) is 5.91 Å². The summed E-state index contributed by atoms with van der Waals surface area (Å²) in [6, 6.07) is 5.24. The van der Waals surface area contributed by atoms with Crippen molar-refractivity contribution in [2.24, 2.45) is 5.92 Å². The zero-order valence-electron chi connectivity index (χ0n) is 13.2. The fraction of sp³-hybridized carbons (Fsp3) is 0.556. The predicted molar refractivity (Wildman–Crippen MR) is 85.1 cm³/mol. The van der Waals surface area contributed by atoms with Crippen LogP contribution in [0.1, 0.15) is 53.6 Å². The third kappa shape index (κ3) is 3.24. The molecule has 1 amide bonds. The predicted octanol–water partition coefficient (Wildman–Crippen LogP) is 2.21. The first kappa shape index (κ1) is 16.0. The Labute approximate surface area is 135 Å². The van der Waals surface area contributed by atoms with Crippen LogP contribution in [0.4, 0.5) is 0 Å². The lowest BCUT2D eigenvalue weighted by Crippen LogP contribution is -2.45. The molecule has 1 aromatic rings. The summed E-state index contributed by atoms with van der Waals surface area (Å²) >= 11 is 0. The Bertz CT molecular complexity index is 607. The van der Waals surface area contributed by atoms with E-state index in [1.807, 2.05) is 6.07 Å². The van der Waals surface area contributed by atoms with Crippen LogP contribution in [0, 0.1) is 5.92 Å². The van der Waals surface area contributed by atoms with Crippen molar-refractivity contribution in [3.05, 3.63) is 34.9 Å². The number of carboxylic acid groups (broad SMARTS) is 1. The maximum atomic E-state index is 12.6. The molecule has 1 fully saturated rings. The molecule has 1 heterocycles. The van der Waals surface area contributed by atoms with Crippen molar-refractivity contribution in [2.45, 2.75) is 51.2 Å². The summed E-state index contributed by atoms with van der Waals surface area (Å²) in [5.41, 5.74) is 1.95. The molecule has 1 aliphatic heterocycles. The number of carbonyl (C=O) groups is 2. The standard InChI is InChI=1S/C18H23NO4/c20-16(13-5-2-1-3-6-13)17(21)19-10-9-12-7-4-8-14(18(22)23)15(12)11-19/h4,7-8,13,16,20H,1-3,5-6,9-11H2,(H,22,23). The first-order valence-corrected chi connectivity index (χ1v) is 8.39. The Kier molecular flexibility index (Phi) is 4.66. The maximum Gasteiger partial charge on any atom is 0.336 e. The molecule has 3 rings (SSSR count). The lowest BCUT2D eigenvalue weighted by atomic mass is 9.84. The van der Waals surface area contributed by atoms with Gasteiger partial charge in [0.15, 0.2) is 0 Å². The van der Waals surface area contributed by atoms with Crippen LogP contribution in [0.5, 0.6) is 0 Å². The van der Waals surface area contributed by atoms with Crippen LogP contribution < -0.4 is 0 Å². The smallest absolute Gasteiger partial charge is 0.336 e. The number of nitrogens with zero attached hydrogens (tertiary/aromatic N) is 1. The molecule has 0 radical (unpaired) electrons. The topological polar surface area (TPSA) is 77.8 Å². The SMILES string of the molecule is O=C(O)c1cccc2c1CN(C(=O)C(O)C1CCCCC1)CC2. The van der Waals surface area contributed by atoms with Crippen LogP contribution in [0.2, 0.25) is 0 Å². The molecule has 5 heteroatoms. The summed E-state index contributed by atoms with van der Waals surface area (Å²) in [6.07, 6.45) is 4.81. The molecule has 1 atom stereocenters. The van der Waals surface area contributed by atoms with Crippen molar-refractivity contribution in [1.82, 2.24) is 4.90 Å². The molecule has 2 N–H and O–H groups in total. The van der Waals surface area contributed by atoms with Gasteiger partial charge < -0.3 is 15.1 Å². The summed E-state index contributed by atoms with van der Waals surface area (Å²) in [5.74, 6) is -1.17. The van der Waals surface area contributed by atoms with Crippen molar-refractivity contribution in [3.63, 3.8) is 0 Å². The minimum absolute atomic E-state index is 0.0485. The average molecular weight is 317 g/mol. The van der Waals surface area contributed by atoms with Gasteiger partial charge >= 0.3 is 5.97 Å². The highest BCUT2D eigenvalue weighted by Gasteiger charge is 2.33.